The number of esters is 3. The van der Waals surface area contributed by atoms with E-state index in [1.807, 2.05) is 12.2 Å². The molecule has 1 unspecified atom stereocenters. The van der Waals surface area contributed by atoms with Gasteiger partial charge in [-0.25, -0.2) is 0 Å². The molecule has 0 amide bonds. The van der Waals surface area contributed by atoms with Crippen molar-refractivity contribution in [3.63, 3.8) is 0 Å². The maximum atomic E-state index is 12.9. The molecular formula is C73H116O6. The normalized spacial score (nSPS) is 13.2. The van der Waals surface area contributed by atoms with Crippen LogP contribution in [0.15, 0.2) is 158 Å². The Morgan fingerprint density at radius 2 is 0.519 bits per heavy atom. The summed E-state index contributed by atoms with van der Waals surface area (Å²) in [6.07, 6.45) is 95.5. The van der Waals surface area contributed by atoms with E-state index in [1.165, 1.54) is 77.0 Å². The van der Waals surface area contributed by atoms with Gasteiger partial charge in [-0.3, -0.25) is 14.4 Å². The van der Waals surface area contributed by atoms with Gasteiger partial charge in [-0.05, 0) is 116 Å². The molecular weight excluding hydrogens is 973 g/mol. The molecule has 0 saturated carbocycles. The Labute approximate surface area is 486 Å². The molecule has 6 heteroatoms. The van der Waals surface area contributed by atoms with Gasteiger partial charge in [-0.1, -0.05) is 288 Å². The van der Waals surface area contributed by atoms with Gasteiger partial charge in [0.2, 0.25) is 0 Å². The molecule has 0 radical (unpaired) electrons. The van der Waals surface area contributed by atoms with Crippen LogP contribution < -0.4 is 0 Å². The second kappa shape index (κ2) is 65.5. The summed E-state index contributed by atoms with van der Waals surface area (Å²) in [6.45, 7) is 6.33. The van der Waals surface area contributed by atoms with Gasteiger partial charge >= 0.3 is 17.9 Å². The summed E-state index contributed by atoms with van der Waals surface area (Å²) in [5.41, 5.74) is 0. The van der Waals surface area contributed by atoms with Crippen molar-refractivity contribution in [3.05, 3.63) is 158 Å². The molecule has 0 aliphatic heterocycles. The average molecular weight is 1090 g/mol. The van der Waals surface area contributed by atoms with Crippen LogP contribution in [-0.2, 0) is 28.6 Å². The Bertz CT molecular complexity index is 1780. The topological polar surface area (TPSA) is 78.9 Å². The standard InChI is InChI=1S/C73H116O6/c1-4-7-10-13-16-19-22-25-27-28-29-30-31-32-33-34-35-36-37-38-39-40-41-42-43-44-46-48-51-54-57-60-63-66-72(75)78-69-70(68-77-71(74)65-62-59-56-53-50-47-24-21-18-15-12-9-6-3)79-73(76)67-64-61-58-55-52-49-45-26-23-20-17-14-11-8-5-2/h7,9-10,12,16,18-19,21,25,27,29-30,32-33,35-36,38-39,41-42,44,46-47,50,56,59,70H,4-6,8,11,13-15,17,20,22-24,26,28,31,34,37,40,43,45,48-49,51-55,57-58,60-69H2,1-3H3/b10-7-,12-9-,19-16-,21-18-,27-25-,30-29-,33-32-,36-35-,39-38-,42-41-,46-44-,50-47-,59-56-. The summed E-state index contributed by atoms with van der Waals surface area (Å²) in [6, 6.07) is 0. The van der Waals surface area contributed by atoms with Crippen LogP contribution >= 0.6 is 0 Å². The maximum absolute atomic E-state index is 12.9. The first kappa shape index (κ1) is 74.0. The highest BCUT2D eigenvalue weighted by atomic mass is 16.6. The number of ether oxygens (including phenoxy) is 3. The third kappa shape index (κ3) is 63.7. The lowest BCUT2D eigenvalue weighted by molar-refractivity contribution is -0.166. The van der Waals surface area contributed by atoms with Crippen LogP contribution in [0.1, 0.15) is 265 Å². The van der Waals surface area contributed by atoms with E-state index in [0.29, 0.717) is 19.3 Å². The van der Waals surface area contributed by atoms with Crippen LogP contribution in [0.3, 0.4) is 0 Å². The van der Waals surface area contributed by atoms with Crippen LogP contribution in [0.4, 0.5) is 0 Å². The van der Waals surface area contributed by atoms with E-state index in [9.17, 15) is 14.4 Å². The molecule has 1 atom stereocenters. The quantitative estimate of drug-likeness (QED) is 0.0261. The molecule has 0 bridgehead atoms. The second-order valence-electron chi connectivity index (χ2n) is 20.6. The monoisotopic (exact) mass is 1090 g/mol. The van der Waals surface area contributed by atoms with Crippen LogP contribution in [0.5, 0.6) is 0 Å². The molecule has 6 nitrogen and oxygen atoms in total. The van der Waals surface area contributed by atoms with Gasteiger partial charge in [-0.2, -0.15) is 0 Å². The minimum Gasteiger partial charge on any atom is -0.462 e. The molecule has 0 aromatic heterocycles. The van der Waals surface area contributed by atoms with Gasteiger partial charge in [0, 0.05) is 19.3 Å². The molecule has 0 rings (SSSR count). The molecule has 0 aliphatic carbocycles. The van der Waals surface area contributed by atoms with E-state index in [0.717, 1.165) is 141 Å². The van der Waals surface area contributed by atoms with Crippen molar-refractivity contribution in [1.82, 2.24) is 0 Å². The Hall–Kier alpha value is -4.97. The summed E-state index contributed by atoms with van der Waals surface area (Å²) >= 11 is 0. The van der Waals surface area contributed by atoms with Crippen LogP contribution in [0, 0.1) is 0 Å². The highest BCUT2D eigenvalue weighted by molar-refractivity contribution is 5.71. The fourth-order valence-electron chi connectivity index (χ4n) is 8.33. The van der Waals surface area contributed by atoms with E-state index in [4.69, 9.17) is 14.2 Å². The first-order valence-corrected chi connectivity index (χ1v) is 32.0. The van der Waals surface area contributed by atoms with E-state index < -0.39 is 6.10 Å². The zero-order valence-electron chi connectivity index (χ0n) is 50.8. The molecule has 0 fully saturated rings. The molecule has 0 heterocycles. The van der Waals surface area contributed by atoms with Crippen molar-refractivity contribution in [2.75, 3.05) is 13.2 Å². The Morgan fingerprint density at radius 3 is 0.848 bits per heavy atom. The number of carbonyl (C=O) groups is 3. The van der Waals surface area contributed by atoms with Crippen molar-refractivity contribution in [1.29, 1.82) is 0 Å². The fourth-order valence-corrected chi connectivity index (χ4v) is 8.33. The molecule has 0 N–H and O–H groups in total. The van der Waals surface area contributed by atoms with Crippen molar-refractivity contribution in [3.8, 4) is 0 Å². The second-order valence-corrected chi connectivity index (χ2v) is 20.6. The summed E-state index contributed by atoms with van der Waals surface area (Å²) < 4.78 is 16.8. The van der Waals surface area contributed by atoms with Crippen LogP contribution in [0.2, 0.25) is 0 Å². The first-order valence-electron chi connectivity index (χ1n) is 32.0. The first-order chi connectivity index (χ1) is 39.0. The highest BCUT2D eigenvalue weighted by Crippen LogP contribution is 2.15. The number of rotatable bonds is 56. The molecule has 444 valence electrons. The van der Waals surface area contributed by atoms with Crippen molar-refractivity contribution >= 4 is 17.9 Å². The lowest BCUT2D eigenvalue weighted by atomic mass is 10.0. The minimum absolute atomic E-state index is 0.114. The number of carbonyl (C=O) groups excluding carboxylic acids is 3. The van der Waals surface area contributed by atoms with E-state index in [1.54, 1.807) is 0 Å². The molecule has 79 heavy (non-hydrogen) atoms. The van der Waals surface area contributed by atoms with Gasteiger partial charge in [0.25, 0.3) is 0 Å². The lowest BCUT2D eigenvalue weighted by Gasteiger charge is -2.18. The van der Waals surface area contributed by atoms with Crippen LogP contribution in [0.25, 0.3) is 0 Å². The lowest BCUT2D eigenvalue weighted by Crippen LogP contribution is -2.30. The SMILES string of the molecule is CC/C=C\C/C=C\C/C=C\C/C=C\C/C=C\C/C=C\C/C=C\C/C=C\C/C=C\CCCCCCCC(=O)OCC(COC(=O)CC/C=C\C/C=C\C/C=C\C/C=C\CC)OC(=O)CCCCCCCCCCCCCCCCC. The van der Waals surface area contributed by atoms with Crippen molar-refractivity contribution in [2.24, 2.45) is 0 Å². The number of hydrogen-bond acceptors (Lipinski definition) is 6. The maximum Gasteiger partial charge on any atom is 0.306 e. The molecule has 0 saturated heterocycles. The Balaban J connectivity index is 4.36. The number of allylic oxidation sites excluding steroid dienone is 26. The van der Waals surface area contributed by atoms with E-state index in [2.05, 4.69) is 167 Å². The van der Waals surface area contributed by atoms with Gasteiger partial charge in [-0.15, -0.1) is 0 Å². The third-order valence-corrected chi connectivity index (χ3v) is 13.0. The zero-order chi connectivity index (χ0) is 57.1. The van der Waals surface area contributed by atoms with Gasteiger partial charge in [0.15, 0.2) is 6.10 Å². The predicted octanol–water partition coefficient (Wildman–Crippen LogP) is 22.1. The summed E-state index contributed by atoms with van der Waals surface area (Å²) in [4.78, 5) is 38.2. The van der Waals surface area contributed by atoms with E-state index >= 15 is 0 Å². The smallest absolute Gasteiger partial charge is 0.306 e. The summed E-state index contributed by atoms with van der Waals surface area (Å²) in [5.74, 6) is -1.02. The molecule has 0 aromatic rings. The Morgan fingerprint density at radius 1 is 0.266 bits per heavy atom. The molecule has 0 aliphatic rings. The number of unbranched alkanes of at least 4 members (excludes halogenated alkanes) is 19. The number of hydrogen-bond donors (Lipinski definition) is 0. The largest absolute Gasteiger partial charge is 0.462 e. The highest BCUT2D eigenvalue weighted by Gasteiger charge is 2.19. The zero-order valence-corrected chi connectivity index (χ0v) is 50.8. The summed E-state index contributed by atoms with van der Waals surface area (Å²) in [5, 5.41) is 0. The van der Waals surface area contributed by atoms with Crippen molar-refractivity contribution < 1.29 is 28.6 Å². The van der Waals surface area contributed by atoms with Crippen molar-refractivity contribution in [2.45, 2.75) is 271 Å². The van der Waals surface area contributed by atoms with Gasteiger partial charge in [0.05, 0.1) is 0 Å². The average Bonchev–Trinajstić information content (AvgIpc) is 3.45. The van der Waals surface area contributed by atoms with Crippen LogP contribution in [-0.4, -0.2) is 37.2 Å². The predicted molar refractivity (Wildman–Crippen MR) is 343 cm³/mol. The molecule has 0 aromatic carbocycles. The van der Waals surface area contributed by atoms with E-state index in [-0.39, 0.29) is 37.5 Å². The molecule has 0 spiro atoms. The Kier molecular flexibility index (Phi) is 61.4. The van der Waals surface area contributed by atoms with Gasteiger partial charge in [0.1, 0.15) is 13.2 Å². The summed E-state index contributed by atoms with van der Waals surface area (Å²) in [7, 11) is 0. The van der Waals surface area contributed by atoms with Gasteiger partial charge < -0.3 is 14.2 Å². The minimum atomic E-state index is -0.820. The fraction of sp³-hybridized carbons (Fsp3) is 0.603. The third-order valence-electron chi connectivity index (χ3n) is 13.0.